The first-order chi connectivity index (χ1) is 9.27. The number of hydrogen-bond donors (Lipinski definition) is 1. The minimum atomic E-state index is -0.318. The van der Waals surface area contributed by atoms with Crippen LogP contribution in [-0.4, -0.2) is 36.0 Å². The average molecular weight is 263 g/mol. The lowest BCUT2D eigenvalue weighted by Gasteiger charge is -2.26. The summed E-state index contributed by atoms with van der Waals surface area (Å²) in [7, 11) is 0. The van der Waals surface area contributed by atoms with Crippen LogP contribution >= 0.6 is 0 Å². The molecule has 19 heavy (non-hydrogen) atoms. The van der Waals surface area contributed by atoms with Crippen LogP contribution in [0.3, 0.4) is 0 Å². The molecule has 5 heteroatoms. The molecule has 0 bridgehead atoms. The van der Waals surface area contributed by atoms with Gasteiger partial charge in [-0.2, -0.15) is 0 Å². The molecule has 5 nitrogen and oxygen atoms in total. The highest BCUT2D eigenvalue weighted by Crippen LogP contribution is 2.17. The van der Waals surface area contributed by atoms with Gasteiger partial charge in [-0.25, -0.2) is 0 Å². The molecule has 0 amide bonds. The van der Waals surface area contributed by atoms with E-state index in [4.69, 9.17) is 0 Å². The first kappa shape index (κ1) is 14.0. The lowest BCUT2D eigenvalue weighted by atomic mass is 10.1. The highest BCUT2D eigenvalue weighted by molar-refractivity contribution is 5.39. The van der Waals surface area contributed by atoms with E-state index in [1.165, 1.54) is 32.4 Å². The molecule has 1 aliphatic rings. The first-order valence-corrected chi connectivity index (χ1v) is 6.93. The quantitative estimate of drug-likeness (QED) is 0.485. The molecule has 1 N–H and O–H groups in total. The van der Waals surface area contributed by atoms with Crippen molar-refractivity contribution in [2.75, 3.05) is 26.2 Å². The topological polar surface area (TPSA) is 58.4 Å². The number of nitrogens with one attached hydrogen (secondary N) is 1. The van der Waals surface area contributed by atoms with Crippen LogP contribution in [0.5, 0.6) is 0 Å². The summed E-state index contributed by atoms with van der Waals surface area (Å²) < 4.78 is 0. The van der Waals surface area contributed by atoms with Crippen LogP contribution < -0.4 is 5.32 Å². The number of para-hydroxylation sites is 1. The molecule has 0 unspecified atom stereocenters. The minimum absolute atomic E-state index is 0.202. The van der Waals surface area contributed by atoms with Gasteiger partial charge in [0.25, 0.3) is 5.69 Å². The third-order valence-corrected chi connectivity index (χ3v) is 3.56. The van der Waals surface area contributed by atoms with Crippen molar-refractivity contribution in [1.82, 2.24) is 10.2 Å². The van der Waals surface area contributed by atoms with Crippen molar-refractivity contribution in [1.29, 1.82) is 0 Å². The second-order valence-corrected chi connectivity index (χ2v) is 4.96. The third-order valence-electron chi connectivity index (χ3n) is 3.56. The van der Waals surface area contributed by atoms with E-state index in [-0.39, 0.29) is 10.6 Å². The molecule has 0 saturated carbocycles. The average Bonchev–Trinajstić information content (AvgIpc) is 2.45. The van der Waals surface area contributed by atoms with Gasteiger partial charge in [0.1, 0.15) is 0 Å². The first-order valence-electron chi connectivity index (χ1n) is 6.93. The molecule has 0 spiro atoms. The van der Waals surface area contributed by atoms with E-state index in [1.807, 2.05) is 12.1 Å². The van der Waals surface area contributed by atoms with Gasteiger partial charge in [-0.15, -0.1) is 0 Å². The van der Waals surface area contributed by atoms with Crippen molar-refractivity contribution in [2.24, 2.45) is 0 Å². The molecule has 104 valence electrons. The van der Waals surface area contributed by atoms with E-state index in [0.29, 0.717) is 6.54 Å². The maximum absolute atomic E-state index is 10.9. The summed E-state index contributed by atoms with van der Waals surface area (Å²) in [5.74, 6) is 0. The molecule has 1 heterocycles. The number of hydrogen-bond acceptors (Lipinski definition) is 4. The molecule has 1 aliphatic heterocycles. The number of likely N-dealkylation sites (tertiary alicyclic amines) is 1. The monoisotopic (exact) mass is 263 g/mol. The van der Waals surface area contributed by atoms with Crippen LogP contribution in [-0.2, 0) is 6.54 Å². The van der Waals surface area contributed by atoms with Crippen LogP contribution in [0.25, 0.3) is 0 Å². The lowest BCUT2D eigenvalue weighted by molar-refractivity contribution is -0.385. The zero-order chi connectivity index (χ0) is 13.5. The van der Waals surface area contributed by atoms with Gasteiger partial charge in [0.2, 0.25) is 0 Å². The number of benzene rings is 1. The number of nitro benzene ring substituents is 1. The van der Waals surface area contributed by atoms with Crippen molar-refractivity contribution in [3.05, 3.63) is 39.9 Å². The van der Waals surface area contributed by atoms with Crippen molar-refractivity contribution in [3.8, 4) is 0 Å². The summed E-state index contributed by atoms with van der Waals surface area (Å²) in [5, 5.41) is 14.2. The number of nitro groups is 1. The van der Waals surface area contributed by atoms with E-state index in [1.54, 1.807) is 12.1 Å². The summed E-state index contributed by atoms with van der Waals surface area (Å²) in [4.78, 5) is 13.0. The fraction of sp³-hybridized carbons (Fsp3) is 0.571. The molecule has 0 aromatic heterocycles. The maximum Gasteiger partial charge on any atom is 0.273 e. The number of nitrogens with zero attached hydrogens (tertiary/aromatic N) is 2. The van der Waals surface area contributed by atoms with E-state index in [2.05, 4.69) is 10.2 Å². The Bertz CT molecular complexity index is 417. The minimum Gasteiger partial charge on any atom is -0.311 e. The summed E-state index contributed by atoms with van der Waals surface area (Å²) in [5.41, 5.74) is 0.958. The lowest BCUT2D eigenvalue weighted by Crippen LogP contribution is -2.35. The van der Waals surface area contributed by atoms with Gasteiger partial charge in [0.05, 0.1) is 4.92 Å². The Labute approximate surface area is 113 Å². The van der Waals surface area contributed by atoms with Gasteiger partial charge in [-0.05, 0) is 25.9 Å². The zero-order valence-electron chi connectivity index (χ0n) is 11.2. The van der Waals surface area contributed by atoms with E-state index < -0.39 is 0 Å². The fourth-order valence-electron chi connectivity index (χ4n) is 2.48. The molecule has 2 rings (SSSR count). The normalized spacial score (nSPS) is 16.4. The van der Waals surface area contributed by atoms with Crippen LogP contribution in [0.2, 0.25) is 0 Å². The van der Waals surface area contributed by atoms with E-state index in [0.717, 1.165) is 18.7 Å². The molecular weight excluding hydrogens is 242 g/mol. The van der Waals surface area contributed by atoms with Crippen LogP contribution in [0.15, 0.2) is 24.3 Å². The molecule has 0 aliphatic carbocycles. The standard InChI is InChI=1S/C14H21N3O2/c18-17(19)14-7-3-2-6-13(14)12-15-8-11-16-9-4-1-5-10-16/h2-3,6-7,15H,1,4-5,8-12H2. The molecule has 0 radical (unpaired) electrons. The Hall–Kier alpha value is -1.46. The molecule has 1 fully saturated rings. The second kappa shape index (κ2) is 7.21. The third kappa shape index (κ3) is 4.29. The highest BCUT2D eigenvalue weighted by atomic mass is 16.6. The molecule has 1 aromatic rings. The predicted molar refractivity (Wildman–Crippen MR) is 75.1 cm³/mol. The largest absolute Gasteiger partial charge is 0.311 e. The Morgan fingerprint density at radius 3 is 2.68 bits per heavy atom. The smallest absolute Gasteiger partial charge is 0.273 e. The summed E-state index contributed by atoms with van der Waals surface area (Å²) >= 11 is 0. The van der Waals surface area contributed by atoms with Gasteiger partial charge in [-0.3, -0.25) is 10.1 Å². The Balaban J connectivity index is 1.74. The summed E-state index contributed by atoms with van der Waals surface area (Å²) in [6.45, 7) is 4.85. The van der Waals surface area contributed by atoms with Gasteiger partial charge in [-0.1, -0.05) is 24.6 Å². The molecule has 1 saturated heterocycles. The molecule has 0 atom stereocenters. The SMILES string of the molecule is O=[N+]([O-])c1ccccc1CNCCN1CCCCC1. The Morgan fingerprint density at radius 2 is 1.95 bits per heavy atom. The van der Waals surface area contributed by atoms with Gasteiger partial charge in [0.15, 0.2) is 0 Å². The summed E-state index contributed by atoms with van der Waals surface area (Å²) in [6.07, 6.45) is 3.94. The predicted octanol–water partition coefficient (Wildman–Crippen LogP) is 2.17. The number of piperidine rings is 1. The van der Waals surface area contributed by atoms with Gasteiger partial charge in [0, 0.05) is 31.3 Å². The van der Waals surface area contributed by atoms with Crippen molar-refractivity contribution in [2.45, 2.75) is 25.8 Å². The highest BCUT2D eigenvalue weighted by Gasteiger charge is 2.12. The zero-order valence-corrected chi connectivity index (χ0v) is 11.2. The van der Waals surface area contributed by atoms with Crippen molar-refractivity contribution >= 4 is 5.69 Å². The van der Waals surface area contributed by atoms with Crippen molar-refractivity contribution < 1.29 is 4.92 Å². The fourth-order valence-corrected chi connectivity index (χ4v) is 2.48. The van der Waals surface area contributed by atoms with Crippen LogP contribution in [0, 0.1) is 10.1 Å². The molecule has 1 aromatic carbocycles. The summed E-state index contributed by atoms with van der Waals surface area (Å²) in [6, 6.07) is 6.91. The van der Waals surface area contributed by atoms with E-state index in [9.17, 15) is 10.1 Å². The van der Waals surface area contributed by atoms with E-state index >= 15 is 0 Å². The molecular formula is C14H21N3O2. The van der Waals surface area contributed by atoms with Crippen molar-refractivity contribution in [3.63, 3.8) is 0 Å². The Morgan fingerprint density at radius 1 is 1.21 bits per heavy atom. The Kier molecular flexibility index (Phi) is 5.30. The van der Waals surface area contributed by atoms with Gasteiger partial charge >= 0.3 is 0 Å². The van der Waals surface area contributed by atoms with Crippen LogP contribution in [0.1, 0.15) is 24.8 Å². The van der Waals surface area contributed by atoms with Crippen LogP contribution in [0.4, 0.5) is 5.69 Å². The van der Waals surface area contributed by atoms with Gasteiger partial charge < -0.3 is 10.2 Å². The second-order valence-electron chi connectivity index (χ2n) is 4.96. The maximum atomic E-state index is 10.9. The number of rotatable bonds is 6.